The number of benzene rings is 1. The molecular weight excluding hydrogens is 363 g/mol. The van der Waals surface area contributed by atoms with Crippen molar-refractivity contribution in [1.29, 1.82) is 0 Å². The molecule has 2 heterocycles. The quantitative estimate of drug-likeness (QED) is 0.656. The van der Waals surface area contributed by atoms with Crippen LogP contribution in [0.5, 0.6) is 0 Å². The minimum absolute atomic E-state index is 0.0847. The van der Waals surface area contributed by atoms with Gasteiger partial charge in [0.05, 0.1) is 16.6 Å². The van der Waals surface area contributed by atoms with E-state index >= 15 is 0 Å². The van der Waals surface area contributed by atoms with Crippen LogP contribution in [0.25, 0.3) is 11.3 Å². The van der Waals surface area contributed by atoms with E-state index in [0.29, 0.717) is 22.4 Å². The summed E-state index contributed by atoms with van der Waals surface area (Å²) in [6, 6.07) is 9.60. The minimum Gasteiger partial charge on any atom is -0.441 e. The van der Waals surface area contributed by atoms with Gasteiger partial charge in [0.1, 0.15) is 5.82 Å². The zero-order valence-corrected chi connectivity index (χ0v) is 15.0. The van der Waals surface area contributed by atoms with Crippen molar-refractivity contribution >= 4 is 28.8 Å². The molecule has 0 radical (unpaired) electrons. The molecule has 0 saturated heterocycles. The third-order valence-electron chi connectivity index (χ3n) is 3.65. The van der Waals surface area contributed by atoms with Crippen molar-refractivity contribution in [2.24, 2.45) is 0 Å². The summed E-state index contributed by atoms with van der Waals surface area (Å²) in [7, 11) is 0. The largest absolute Gasteiger partial charge is 0.441 e. The van der Waals surface area contributed by atoms with Gasteiger partial charge in [0, 0.05) is 23.3 Å². The summed E-state index contributed by atoms with van der Waals surface area (Å²) in [5.41, 5.74) is 0.743. The van der Waals surface area contributed by atoms with Gasteiger partial charge in [-0.3, -0.25) is 4.79 Å². The Kier molecular flexibility index (Phi) is 5.50. The van der Waals surface area contributed by atoms with Gasteiger partial charge < -0.3 is 9.73 Å². The van der Waals surface area contributed by atoms with E-state index in [1.807, 2.05) is 19.1 Å². The number of hydrogen-bond donors (Lipinski definition) is 1. The van der Waals surface area contributed by atoms with Crippen LogP contribution in [0.1, 0.15) is 30.2 Å². The number of halogens is 2. The summed E-state index contributed by atoms with van der Waals surface area (Å²) in [6.45, 7) is 1.91. The molecule has 4 nitrogen and oxygen atoms in total. The van der Waals surface area contributed by atoms with Crippen LogP contribution in [0.4, 0.5) is 4.39 Å². The first-order valence-corrected chi connectivity index (χ1v) is 8.96. The van der Waals surface area contributed by atoms with E-state index in [2.05, 4.69) is 10.3 Å². The summed E-state index contributed by atoms with van der Waals surface area (Å²) in [5, 5.41) is 2.93. The number of rotatable bonds is 6. The fraction of sp³-hybridized carbons (Fsp3) is 0.222. The Balaban J connectivity index is 1.53. The first-order chi connectivity index (χ1) is 12.0. The second-order valence-electron chi connectivity index (χ2n) is 5.56. The predicted octanol–water partition coefficient (Wildman–Crippen LogP) is 5.01. The number of oxazole rings is 1. The summed E-state index contributed by atoms with van der Waals surface area (Å²) >= 11 is 7.36. The van der Waals surface area contributed by atoms with E-state index in [1.165, 1.54) is 23.5 Å². The molecule has 0 aliphatic carbocycles. The van der Waals surface area contributed by atoms with Crippen LogP contribution in [0, 0.1) is 5.82 Å². The van der Waals surface area contributed by atoms with Crippen LogP contribution in [0.2, 0.25) is 4.34 Å². The highest BCUT2D eigenvalue weighted by molar-refractivity contribution is 7.16. The van der Waals surface area contributed by atoms with Crippen molar-refractivity contribution in [2.75, 3.05) is 0 Å². The van der Waals surface area contributed by atoms with Gasteiger partial charge in [-0.2, -0.15) is 0 Å². The Morgan fingerprint density at radius 2 is 2.08 bits per heavy atom. The molecule has 0 spiro atoms. The lowest BCUT2D eigenvalue weighted by Gasteiger charge is -2.11. The van der Waals surface area contributed by atoms with Crippen molar-refractivity contribution < 1.29 is 13.6 Å². The van der Waals surface area contributed by atoms with E-state index in [1.54, 1.807) is 18.3 Å². The molecule has 0 aliphatic heterocycles. The molecule has 1 aromatic carbocycles. The van der Waals surface area contributed by atoms with Crippen LogP contribution in [0.15, 0.2) is 47.0 Å². The smallest absolute Gasteiger partial charge is 0.221 e. The molecular formula is C18H16ClFN2O2S. The Labute approximate surface area is 153 Å². The van der Waals surface area contributed by atoms with Crippen molar-refractivity contribution in [3.8, 4) is 11.3 Å². The topological polar surface area (TPSA) is 55.1 Å². The third-order valence-corrected chi connectivity index (χ3v) is 5.06. The first kappa shape index (κ1) is 17.6. The highest BCUT2D eigenvalue weighted by atomic mass is 35.5. The maximum absolute atomic E-state index is 12.9. The molecule has 1 amide bonds. The highest BCUT2D eigenvalue weighted by Gasteiger charge is 2.13. The average Bonchev–Trinajstić information content (AvgIpc) is 3.23. The molecule has 0 aliphatic rings. The average molecular weight is 379 g/mol. The standard InChI is InChI=1S/C18H16ClFN2O2S/c1-11(15-6-7-16(19)25-15)22-17(23)8-9-18-21-10-14(24-18)12-2-4-13(20)5-3-12/h2-7,10-11H,8-9H2,1H3,(H,22,23). The number of amides is 1. The van der Waals surface area contributed by atoms with Gasteiger partial charge in [0.2, 0.25) is 5.91 Å². The fourth-order valence-electron chi connectivity index (χ4n) is 2.34. The van der Waals surface area contributed by atoms with E-state index in [-0.39, 0.29) is 24.2 Å². The van der Waals surface area contributed by atoms with Gasteiger partial charge >= 0.3 is 0 Å². The van der Waals surface area contributed by atoms with E-state index in [4.69, 9.17) is 16.0 Å². The lowest BCUT2D eigenvalue weighted by atomic mass is 10.2. The van der Waals surface area contributed by atoms with Crippen molar-refractivity contribution in [3.63, 3.8) is 0 Å². The van der Waals surface area contributed by atoms with Gasteiger partial charge in [0.25, 0.3) is 0 Å². The molecule has 1 unspecified atom stereocenters. The molecule has 0 bridgehead atoms. The molecule has 3 aromatic rings. The van der Waals surface area contributed by atoms with Gasteiger partial charge in [-0.15, -0.1) is 11.3 Å². The monoisotopic (exact) mass is 378 g/mol. The van der Waals surface area contributed by atoms with E-state index in [0.717, 1.165) is 10.4 Å². The third kappa shape index (κ3) is 4.67. The zero-order chi connectivity index (χ0) is 17.8. The Morgan fingerprint density at radius 3 is 2.76 bits per heavy atom. The van der Waals surface area contributed by atoms with Crippen LogP contribution < -0.4 is 5.32 Å². The lowest BCUT2D eigenvalue weighted by molar-refractivity contribution is -0.121. The molecule has 3 rings (SSSR count). The van der Waals surface area contributed by atoms with Gasteiger partial charge in [0.15, 0.2) is 11.7 Å². The highest BCUT2D eigenvalue weighted by Crippen LogP contribution is 2.26. The summed E-state index contributed by atoms with van der Waals surface area (Å²) in [6.07, 6.45) is 2.24. The SMILES string of the molecule is CC(NC(=O)CCc1ncc(-c2ccc(F)cc2)o1)c1ccc(Cl)s1. The maximum Gasteiger partial charge on any atom is 0.221 e. The summed E-state index contributed by atoms with van der Waals surface area (Å²) < 4.78 is 19.3. The predicted molar refractivity (Wildman–Crippen MR) is 96.1 cm³/mol. The number of aryl methyl sites for hydroxylation is 1. The van der Waals surface area contributed by atoms with Crippen molar-refractivity contribution in [2.45, 2.75) is 25.8 Å². The number of hydrogen-bond acceptors (Lipinski definition) is 4. The molecule has 0 fully saturated rings. The molecule has 0 saturated carbocycles. The number of nitrogens with zero attached hydrogens (tertiary/aromatic N) is 1. The molecule has 25 heavy (non-hydrogen) atoms. The number of carbonyl (C=O) groups is 1. The minimum atomic E-state index is -0.304. The van der Waals surface area contributed by atoms with E-state index < -0.39 is 0 Å². The van der Waals surface area contributed by atoms with Gasteiger partial charge in [-0.25, -0.2) is 9.37 Å². The zero-order valence-electron chi connectivity index (χ0n) is 13.5. The second kappa shape index (κ2) is 7.80. The Bertz CT molecular complexity index is 860. The normalized spacial score (nSPS) is 12.1. The van der Waals surface area contributed by atoms with E-state index in [9.17, 15) is 9.18 Å². The number of thiophene rings is 1. The summed E-state index contributed by atoms with van der Waals surface area (Å²) in [4.78, 5) is 17.2. The van der Waals surface area contributed by atoms with Crippen LogP contribution in [0.3, 0.4) is 0 Å². The molecule has 130 valence electrons. The Morgan fingerprint density at radius 1 is 1.32 bits per heavy atom. The van der Waals surface area contributed by atoms with Crippen LogP contribution >= 0.6 is 22.9 Å². The first-order valence-electron chi connectivity index (χ1n) is 7.76. The van der Waals surface area contributed by atoms with Gasteiger partial charge in [-0.05, 0) is 43.3 Å². The van der Waals surface area contributed by atoms with Gasteiger partial charge in [-0.1, -0.05) is 11.6 Å². The van der Waals surface area contributed by atoms with Crippen molar-refractivity contribution in [1.82, 2.24) is 10.3 Å². The number of carbonyl (C=O) groups excluding carboxylic acids is 1. The summed E-state index contributed by atoms with van der Waals surface area (Å²) in [5.74, 6) is 0.637. The van der Waals surface area contributed by atoms with Crippen molar-refractivity contribution in [3.05, 3.63) is 63.5 Å². The molecule has 2 aromatic heterocycles. The maximum atomic E-state index is 12.9. The van der Waals surface area contributed by atoms with Crippen LogP contribution in [-0.2, 0) is 11.2 Å². The Hall–Kier alpha value is -2.18. The van der Waals surface area contributed by atoms with Crippen LogP contribution in [-0.4, -0.2) is 10.9 Å². The number of nitrogens with one attached hydrogen (secondary N) is 1. The molecule has 1 N–H and O–H groups in total. The number of aromatic nitrogens is 1. The second-order valence-corrected chi connectivity index (χ2v) is 7.30. The fourth-order valence-corrected chi connectivity index (χ4v) is 3.40. The lowest BCUT2D eigenvalue weighted by Crippen LogP contribution is -2.26. The molecule has 1 atom stereocenters. The molecule has 7 heteroatoms.